The second kappa shape index (κ2) is 7.77. The van der Waals surface area contributed by atoms with E-state index in [1.807, 2.05) is 36.4 Å². The largest absolute Gasteiger partial charge is 0.422 e. The van der Waals surface area contributed by atoms with Crippen LogP contribution >= 0.6 is 34.2 Å². The molecule has 1 aromatic heterocycles. The van der Waals surface area contributed by atoms with Crippen LogP contribution in [0.3, 0.4) is 0 Å². The first kappa shape index (κ1) is 18.7. The van der Waals surface area contributed by atoms with Crippen LogP contribution in [0, 0.1) is 3.57 Å². The quantitative estimate of drug-likeness (QED) is 0.278. The predicted octanol–water partition coefficient (Wildman–Crippen LogP) is 5.97. The Morgan fingerprint density at radius 2 is 1.68 bits per heavy atom. The number of para-hydroxylation sites is 1. The van der Waals surface area contributed by atoms with Gasteiger partial charge in [0.05, 0.1) is 16.1 Å². The van der Waals surface area contributed by atoms with Crippen molar-refractivity contribution in [3.63, 3.8) is 0 Å². The standard InChI is InChI=1S/C22H13ClINO3/c23-18-12-14(25-21(26)16-6-2-3-7-19(16)24)9-10-15(18)17-11-13-5-1-4-8-20(13)28-22(17)27/h1-12H,(H,25,26). The van der Waals surface area contributed by atoms with Crippen molar-refractivity contribution in [1.29, 1.82) is 0 Å². The van der Waals surface area contributed by atoms with Gasteiger partial charge in [0.1, 0.15) is 5.58 Å². The molecule has 138 valence electrons. The number of carbonyl (C=O) groups excluding carboxylic acids is 1. The average Bonchev–Trinajstić information content (AvgIpc) is 2.68. The summed E-state index contributed by atoms with van der Waals surface area (Å²) in [6.07, 6.45) is 0. The number of anilines is 1. The molecule has 0 bridgehead atoms. The normalized spacial score (nSPS) is 10.8. The molecule has 0 aliphatic carbocycles. The Bertz CT molecular complexity index is 1270. The molecule has 0 radical (unpaired) electrons. The highest BCUT2D eigenvalue weighted by molar-refractivity contribution is 14.1. The number of benzene rings is 3. The highest BCUT2D eigenvalue weighted by atomic mass is 127. The van der Waals surface area contributed by atoms with Crippen LogP contribution in [-0.2, 0) is 0 Å². The van der Waals surface area contributed by atoms with Crippen LogP contribution < -0.4 is 10.9 Å². The molecule has 1 N–H and O–H groups in total. The summed E-state index contributed by atoms with van der Waals surface area (Å²) in [5.74, 6) is -0.223. The summed E-state index contributed by atoms with van der Waals surface area (Å²) >= 11 is 8.53. The van der Waals surface area contributed by atoms with Crippen LogP contribution in [0.4, 0.5) is 5.69 Å². The van der Waals surface area contributed by atoms with E-state index in [-0.39, 0.29) is 5.91 Å². The van der Waals surface area contributed by atoms with E-state index >= 15 is 0 Å². The molecule has 28 heavy (non-hydrogen) atoms. The van der Waals surface area contributed by atoms with Gasteiger partial charge in [0.25, 0.3) is 5.91 Å². The molecule has 0 saturated carbocycles. The fourth-order valence-corrected chi connectivity index (χ4v) is 3.82. The van der Waals surface area contributed by atoms with E-state index in [1.54, 1.807) is 36.4 Å². The van der Waals surface area contributed by atoms with E-state index in [2.05, 4.69) is 27.9 Å². The summed E-state index contributed by atoms with van der Waals surface area (Å²) in [7, 11) is 0. The number of rotatable bonds is 3. The van der Waals surface area contributed by atoms with E-state index < -0.39 is 5.63 Å². The van der Waals surface area contributed by atoms with Crippen molar-refractivity contribution in [2.75, 3.05) is 5.32 Å². The Morgan fingerprint density at radius 1 is 0.929 bits per heavy atom. The second-order valence-electron chi connectivity index (χ2n) is 6.11. The van der Waals surface area contributed by atoms with Crippen LogP contribution in [0.5, 0.6) is 0 Å². The molecule has 3 aromatic carbocycles. The van der Waals surface area contributed by atoms with Gasteiger partial charge in [-0.15, -0.1) is 0 Å². The molecule has 0 spiro atoms. The number of hydrogen-bond donors (Lipinski definition) is 1. The minimum absolute atomic E-state index is 0.223. The molecular formula is C22H13ClINO3. The van der Waals surface area contributed by atoms with Crippen molar-refractivity contribution in [3.8, 4) is 11.1 Å². The van der Waals surface area contributed by atoms with Crippen molar-refractivity contribution in [3.05, 3.63) is 97.4 Å². The van der Waals surface area contributed by atoms with Crippen LogP contribution in [0.2, 0.25) is 5.02 Å². The summed E-state index contributed by atoms with van der Waals surface area (Å²) in [4.78, 5) is 24.9. The summed E-state index contributed by atoms with van der Waals surface area (Å²) in [5.41, 5.74) is 2.11. The van der Waals surface area contributed by atoms with Gasteiger partial charge < -0.3 is 9.73 Å². The lowest BCUT2D eigenvalue weighted by molar-refractivity contribution is 0.102. The molecule has 0 aliphatic rings. The average molecular weight is 502 g/mol. The van der Waals surface area contributed by atoms with Gasteiger partial charge in [-0.05, 0) is 59.0 Å². The Morgan fingerprint density at radius 3 is 2.46 bits per heavy atom. The van der Waals surface area contributed by atoms with Gasteiger partial charge in [-0.2, -0.15) is 0 Å². The van der Waals surface area contributed by atoms with E-state index in [4.69, 9.17) is 16.0 Å². The van der Waals surface area contributed by atoms with Crippen LogP contribution in [0.15, 0.2) is 82.0 Å². The number of nitrogens with one attached hydrogen (secondary N) is 1. The van der Waals surface area contributed by atoms with Crippen molar-refractivity contribution < 1.29 is 9.21 Å². The third-order valence-electron chi connectivity index (χ3n) is 4.28. The zero-order chi connectivity index (χ0) is 19.7. The van der Waals surface area contributed by atoms with Gasteiger partial charge in [-0.3, -0.25) is 4.79 Å². The van der Waals surface area contributed by atoms with E-state index in [0.29, 0.717) is 33.0 Å². The van der Waals surface area contributed by atoms with E-state index in [9.17, 15) is 9.59 Å². The molecule has 0 atom stereocenters. The van der Waals surface area contributed by atoms with E-state index in [0.717, 1.165) is 8.96 Å². The zero-order valence-electron chi connectivity index (χ0n) is 14.4. The maximum absolute atomic E-state index is 12.5. The van der Waals surface area contributed by atoms with Crippen LogP contribution in [0.1, 0.15) is 10.4 Å². The van der Waals surface area contributed by atoms with E-state index in [1.165, 1.54) is 0 Å². The molecular weight excluding hydrogens is 489 g/mol. The smallest absolute Gasteiger partial charge is 0.344 e. The maximum atomic E-state index is 12.5. The number of halogens is 2. The third kappa shape index (κ3) is 3.68. The lowest BCUT2D eigenvalue weighted by Crippen LogP contribution is -2.13. The van der Waals surface area contributed by atoms with Crippen LogP contribution in [-0.4, -0.2) is 5.91 Å². The molecule has 0 aliphatic heterocycles. The molecule has 4 aromatic rings. The SMILES string of the molecule is O=C(Nc1ccc(-c2cc3ccccc3oc2=O)c(Cl)c1)c1ccccc1I. The van der Waals surface area contributed by atoms with Gasteiger partial charge >= 0.3 is 5.63 Å². The van der Waals surface area contributed by atoms with Gasteiger partial charge in [0.2, 0.25) is 0 Å². The Balaban J connectivity index is 1.67. The minimum atomic E-state index is -0.462. The van der Waals surface area contributed by atoms with Crippen molar-refractivity contribution in [1.82, 2.24) is 0 Å². The van der Waals surface area contributed by atoms with Gasteiger partial charge in [-0.1, -0.05) is 48.0 Å². The van der Waals surface area contributed by atoms with Gasteiger partial charge in [0, 0.05) is 20.2 Å². The number of fused-ring (bicyclic) bond motifs is 1. The Labute approximate surface area is 179 Å². The first-order valence-corrected chi connectivity index (χ1v) is 9.87. The summed E-state index contributed by atoms with van der Waals surface area (Å²) in [5, 5.41) is 3.99. The monoisotopic (exact) mass is 501 g/mol. The number of amides is 1. The molecule has 4 rings (SSSR count). The van der Waals surface area contributed by atoms with Crippen molar-refractivity contribution >= 4 is 56.8 Å². The Hall–Kier alpha value is -2.64. The summed E-state index contributed by atoms with van der Waals surface area (Å²) in [6.45, 7) is 0. The maximum Gasteiger partial charge on any atom is 0.344 e. The lowest BCUT2D eigenvalue weighted by Gasteiger charge is -2.10. The molecule has 0 fully saturated rings. The lowest BCUT2D eigenvalue weighted by atomic mass is 10.1. The summed E-state index contributed by atoms with van der Waals surface area (Å²) < 4.78 is 6.24. The molecule has 0 unspecified atom stereocenters. The fraction of sp³-hybridized carbons (Fsp3) is 0. The molecule has 1 heterocycles. The first-order chi connectivity index (χ1) is 13.5. The topological polar surface area (TPSA) is 59.3 Å². The van der Waals surface area contributed by atoms with Gasteiger partial charge in [-0.25, -0.2) is 4.79 Å². The van der Waals surface area contributed by atoms with Crippen molar-refractivity contribution in [2.24, 2.45) is 0 Å². The zero-order valence-corrected chi connectivity index (χ0v) is 17.3. The highest BCUT2D eigenvalue weighted by Gasteiger charge is 2.14. The van der Waals surface area contributed by atoms with Crippen LogP contribution in [0.25, 0.3) is 22.1 Å². The summed E-state index contributed by atoms with van der Waals surface area (Å²) in [6, 6.07) is 21.4. The molecule has 1 amide bonds. The Kier molecular flexibility index (Phi) is 5.19. The van der Waals surface area contributed by atoms with Crippen molar-refractivity contribution in [2.45, 2.75) is 0 Å². The predicted molar refractivity (Wildman–Crippen MR) is 120 cm³/mol. The molecule has 6 heteroatoms. The number of hydrogen-bond acceptors (Lipinski definition) is 3. The number of carbonyl (C=O) groups is 1. The first-order valence-electron chi connectivity index (χ1n) is 8.41. The third-order valence-corrected chi connectivity index (χ3v) is 5.53. The highest BCUT2D eigenvalue weighted by Crippen LogP contribution is 2.30. The molecule has 4 nitrogen and oxygen atoms in total. The molecule has 0 saturated heterocycles. The van der Waals surface area contributed by atoms with Gasteiger partial charge in [0.15, 0.2) is 0 Å². The minimum Gasteiger partial charge on any atom is -0.422 e. The fourth-order valence-electron chi connectivity index (χ4n) is 2.90. The second-order valence-corrected chi connectivity index (χ2v) is 7.68.